The number of hydrogen-bond acceptors (Lipinski definition) is 6. The summed E-state index contributed by atoms with van der Waals surface area (Å²) >= 11 is 0. The predicted octanol–water partition coefficient (Wildman–Crippen LogP) is 0.208. The summed E-state index contributed by atoms with van der Waals surface area (Å²) in [5.41, 5.74) is 4.72. The Hall–Kier alpha value is -2.76. The minimum absolute atomic E-state index is 0. The van der Waals surface area contributed by atoms with E-state index in [0.717, 1.165) is 18.9 Å². The number of carboxylic acids is 1. The molecule has 1 saturated carbocycles. The van der Waals surface area contributed by atoms with Crippen LogP contribution in [0.15, 0.2) is 17.1 Å². The van der Waals surface area contributed by atoms with Crippen molar-refractivity contribution in [2.75, 3.05) is 18.0 Å². The van der Waals surface area contributed by atoms with Crippen molar-refractivity contribution in [2.45, 2.75) is 44.3 Å². The molecule has 1 aliphatic carbocycles. The summed E-state index contributed by atoms with van der Waals surface area (Å²) in [5.74, 6) is -2.22. The van der Waals surface area contributed by atoms with Gasteiger partial charge in [0.2, 0.25) is 11.3 Å². The minimum atomic E-state index is -1.34. The van der Waals surface area contributed by atoms with E-state index in [4.69, 9.17) is 5.73 Å². The number of carboxylic acid groups (broad SMARTS) is 1. The lowest BCUT2D eigenvalue weighted by Crippen LogP contribution is -2.45. The Balaban J connectivity index is 0.00000171. The number of aromatic carboxylic acids is 1. The third-order valence-corrected chi connectivity index (χ3v) is 5.36. The van der Waals surface area contributed by atoms with Gasteiger partial charge in [-0.15, -0.1) is 12.4 Å². The van der Waals surface area contributed by atoms with Crippen molar-refractivity contribution >= 4 is 41.1 Å². The molecule has 31 heavy (non-hydrogen) atoms. The SMILES string of the molecule is C[C@H](N)C(=O)N[C@H]1CCN(c2nc3c(cc2F)c(=O)c(C(=O)O)cn3C2CC2)C1.Cl.O. The van der Waals surface area contributed by atoms with E-state index in [9.17, 15) is 23.9 Å². The van der Waals surface area contributed by atoms with E-state index in [-0.39, 0.29) is 52.7 Å². The predicted molar refractivity (Wildman–Crippen MR) is 114 cm³/mol. The summed E-state index contributed by atoms with van der Waals surface area (Å²) in [6.07, 6.45) is 3.61. The highest BCUT2D eigenvalue weighted by Gasteiger charge is 2.31. The van der Waals surface area contributed by atoms with Crippen LogP contribution in [0.2, 0.25) is 0 Å². The zero-order valence-electron chi connectivity index (χ0n) is 16.8. The smallest absolute Gasteiger partial charge is 0.341 e. The third kappa shape index (κ3) is 4.63. The second-order valence-corrected chi connectivity index (χ2v) is 7.71. The Bertz CT molecular complexity index is 1070. The maximum absolute atomic E-state index is 14.8. The van der Waals surface area contributed by atoms with Crippen LogP contribution in [0.4, 0.5) is 10.2 Å². The van der Waals surface area contributed by atoms with E-state index in [1.54, 1.807) is 16.4 Å². The zero-order chi connectivity index (χ0) is 20.9. The summed E-state index contributed by atoms with van der Waals surface area (Å²) < 4.78 is 16.5. The highest BCUT2D eigenvalue weighted by atomic mass is 35.5. The average molecular weight is 458 g/mol. The van der Waals surface area contributed by atoms with Gasteiger partial charge in [-0.05, 0) is 32.3 Å². The normalized spacial score (nSPS) is 18.8. The fourth-order valence-corrected chi connectivity index (χ4v) is 3.65. The molecule has 0 spiro atoms. The molecular weight excluding hydrogens is 433 g/mol. The number of fused-ring (bicyclic) bond motifs is 1. The Labute approximate surface area is 182 Å². The van der Waals surface area contributed by atoms with Crippen molar-refractivity contribution in [3.63, 3.8) is 0 Å². The van der Waals surface area contributed by atoms with Crippen molar-refractivity contribution in [3.05, 3.63) is 33.9 Å². The first-order valence-corrected chi connectivity index (χ1v) is 9.56. The van der Waals surface area contributed by atoms with Gasteiger partial charge in [0.25, 0.3) is 0 Å². The summed E-state index contributed by atoms with van der Waals surface area (Å²) in [6, 6.07) is 0.319. The molecule has 3 heterocycles. The maximum Gasteiger partial charge on any atom is 0.341 e. The summed E-state index contributed by atoms with van der Waals surface area (Å²) in [7, 11) is 0. The van der Waals surface area contributed by atoms with Crippen LogP contribution in [-0.4, -0.2) is 57.2 Å². The molecule has 6 N–H and O–H groups in total. The van der Waals surface area contributed by atoms with Crippen LogP contribution in [0.3, 0.4) is 0 Å². The summed E-state index contributed by atoms with van der Waals surface area (Å²) in [4.78, 5) is 41.9. The van der Waals surface area contributed by atoms with Crippen LogP contribution in [-0.2, 0) is 4.79 Å². The Morgan fingerprint density at radius 1 is 1.35 bits per heavy atom. The number of nitrogens with one attached hydrogen (secondary N) is 1. The number of rotatable bonds is 5. The molecule has 2 atom stereocenters. The van der Waals surface area contributed by atoms with Gasteiger partial charge in [-0.3, -0.25) is 9.59 Å². The molecule has 4 rings (SSSR count). The molecule has 1 amide bonds. The quantitative estimate of drug-likeness (QED) is 0.577. The van der Waals surface area contributed by atoms with Crippen molar-refractivity contribution in [2.24, 2.45) is 5.73 Å². The molecule has 0 bridgehead atoms. The van der Waals surface area contributed by atoms with Gasteiger partial charge in [0, 0.05) is 31.4 Å². The van der Waals surface area contributed by atoms with Crippen LogP contribution in [0, 0.1) is 5.82 Å². The standard InChI is InChI=1S/C19H22FN5O4.ClH.H2O/c1-9(21)18(27)22-10-4-5-24(7-10)17-14(20)6-12-15(26)13(19(28)29)8-25(11-2-3-11)16(12)23-17;;/h6,8-11H,2-5,7,21H2,1H3,(H,22,27)(H,28,29);1H;1H2/t9-,10-;;/m0../s1. The second kappa shape index (κ2) is 9.16. The van der Waals surface area contributed by atoms with Gasteiger partial charge in [-0.1, -0.05) is 0 Å². The van der Waals surface area contributed by atoms with Gasteiger partial charge in [-0.25, -0.2) is 14.2 Å². The second-order valence-electron chi connectivity index (χ2n) is 7.71. The number of nitrogens with zero attached hydrogens (tertiary/aromatic N) is 3. The number of carbonyl (C=O) groups is 2. The monoisotopic (exact) mass is 457 g/mol. The van der Waals surface area contributed by atoms with Crippen molar-refractivity contribution in [1.29, 1.82) is 0 Å². The maximum atomic E-state index is 14.8. The van der Waals surface area contributed by atoms with Crippen molar-refractivity contribution in [1.82, 2.24) is 14.9 Å². The highest BCUT2D eigenvalue weighted by Crippen LogP contribution is 2.37. The molecule has 0 aromatic carbocycles. The molecule has 2 aliphatic rings. The number of hydrogen-bond donors (Lipinski definition) is 3. The van der Waals surface area contributed by atoms with Crippen LogP contribution < -0.4 is 21.4 Å². The third-order valence-electron chi connectivity index (χ3n) is 5.36. The number of pyridine rings is 2. The van der Waals surface area contributed by atoms with Crippen molar-refractivity contribution in [3.8, 4) is 0 Å². The average Bonchev–Trinajstić information content (AvgIpc) is 3.40. The van der Waals surface area contributed by atoms with E-state index >= 15 is 0 Å². The van der Waals surface area contributed by atoms with Gasteiger partial charge < -0.3 is 31.1 Å². The Morgan fingerprint density at radius 3 is 2.61 bits per heavy atom. The van der Waals surface area contributed by atoms with E-state index in [0.29, 0.717) is 19.5 Å². The van der Waals surface area contributed by atoms with Crippen molar-refractivity contribution < 1.29 is 24.6 Å². The molecule has 2 fully saturated rings. The fourth-order valence-electron chi connectivity index (χ4n) is 3.65. The molecule has 2 aromatic heterocycles. The van der Waals surface area contributed by atoms with E-state index in [1.165, 1.54) is 6.20 Å². The van der Waals surface area contributed by atoms with Gasteiger partial charge in [0.1, 0.15) is 11.2 Å². The number of aromatic nitrogens is 2. The first kappa shape index (κ1) is 24.5. The van der Waals surface area contributed by atoms with Gasteiger partial charge in [-0.2, -0.15) is 0 Å². The van der Waals surface area contributed by atoms with Gasteiger partial charge in [0.15, 0.2) is 11.6 Å². The molecule has 1 saturated heterocycles. The first-order chi connectivity index (χ1) is 13.8. The van der Waals surface area contributed by atoms with E-state index < -0.39 is 28.8 Å². The molecule has 2 aromatic rings. The van der Waals surface area contributed by atoms with Crippen LogP contribution in [0.1, 0.15) is 42.6 Å². The summed E-state index contributed by atoms with van der Waals surface area (Å²) in [6.45, 7) is 2.45. The molecule has 10 nitrogen and oxygen atoms in total. The molecule has 170 valence electrons. The first-order valence-electron chi connectivity index (χ1n) is 9.56. The number of amides is 1. The lowest BCUT2D eigenvalue weighted by atomic mass is 10.2. The Kier molecular flexibility index (Phi) is 7.25. The van der Waals surface area contributed by atoms with E-state index in [1.807, 2.05) is 0 Å². The van der Waals surface area contributed by atoms with E-state index in [2.05, 4.69) is 10.3 Å². The Morgan fingerprint density at radius 2 is 2.03 bits per heavy atom. The number of halogens is 2. The topological polar surface area (TPSA) is 162 Å². The van der Waals surface area contributed by atoms with Crippen LogP contribution >= 0.6 is 12.4 Å². The summed E-state index contributed by atoms with van der Waals surface area (Å²) in [5, 5.41) is 12.1. The molecule has 1 aliphatic heterocycles. The molecule has 0 radical (unpaired) electrons. The van der Waals surface area contributed by atoms with Gasteiger partial charge >= 0.3 is 5.97 Å². The van der Waals surface area contributed by atoms with Crippen LogP contribution in [0.5, 0.6) is 0 Å². The largest absolute Gasteiger partial charge is 0.477 e. The lowest BCUT2D eigenvalue weighted by molar-refractivity contribution is -0.122. The van der Waals surface area contributed by atoms with Crippen LogP contribution in [0.25, 0.3) is 11.0 Å². The number of anilines is 1. The highest BCUT2D eigenvalue weighted by molar-refractivity contribution is 5.92. The number of nitrogens with two attached hydrogens (primary N) is 1. The number of carbonyl (C=O) groups excluding carboxylic acids is 1. The zero-order valence-corrected chi connectivity index (χ0v) is 17.6. The van der Waals surface area contributed by atoms with Gasteiger partial charge in [0.05, 0.1) is 11.4 Å². The molecule has 0 unspecified atom stereocenters. The molecule has 12 heteroatoms. The lowest BCUT2D eigenvalue weighted by Gasteiger charge is -2.20. The molecular formula is C19H25ClFN5O5. The fraction of sp³-hybridized carbons (Fsp3) is 0.474. The minimum Gasteiger partial charge on any atom is -0.477 e.